The summed E-state index contributed by atoms with van der Waals surface area (Å²) in [6.45, 7) is 6.01. The van der Waals surface area contributed by atoms with E-state index in [1.165, 1.54) is 37.8 Å². The van der Waals surface area contributed by atoms with Gasteiger partial charge in [-0.1, -0.05) is 57.2 Å². The van der Waals surface area contributed by atoms with Crippen LogP contribution >= 0.6 is 0 Å². The maximum absolute atomic E-state index is 13.3. The number of aromatic nitrogens is 3. The van der Waals surface area contributed by atoms with Crippen LogP contribution in [0.1, 0.15) is 61.4 Å². The van der Waals surface area contributed by atoms with E-state index in [0.29, 0.717) is 75.2 Å². The second kappa shape index (κ2) is 20.1. The maximum atomic E-state index is 13.3. The van der Waals surface area contributed by atoms with Gasteiger partial charge in [0.25, 0.3) is 5.91 Å². The molecule has 11 nitrogen and oxygen atoms in total. The van der Waals surface area contributed by atoms with E-state index >= 15 is 0 Å². The number of hydrogen-bond acceptors (Lipinski definition) is 10. The fourth-order valence-corrected chi connectivity index (χ4v) is 4.09. The SMILES string of the molecule is CCCCCCCCNc1nc(NCc2ccc(F)cc2)nc(Nc2cccc(C(=O)NCCOCCOCCN)c2)n1. The quantitative estimate of drug-likeness (QED) is 0.102. The van der Waals surface area contributed by atoms with Crippen LogP contribution in [0.5, 0.6) is 0 Å². The van der Waals surface area contributed by atoms with Gasteiger partial charge in [-0.05, 0) is 42.3 Å². The number of carbonyl (C=O) groups excluding carboxylic acids is 1. The second-order valence-corrected chi connectivity index (χ2v) is 9.96. The minimum absolute atomic E-state index is 0.217. The third-order valence-corrected chi connectivity index (χ3v) is 6.36. The second-order valence-electron chi connectivity index (χ2n) is 9.96. The zero-order chi connectivity index (χ0) is 30.5. The Morgan fingerprint density at radius 2 is 1.51 bits per heavy atom. The molecule has 1 amide bonds. The third kappa shape index (κ3) is 13.8. The average Bonchev–Trinajstić information content (AvgIpc) is 3.01. The van der Waals surface area contributed by atoms with Gasteiger partial charge in [-0.2, -0.15) is 15.0 Å². The highest BCUT2D eigenvalue weighted by Gasteiger charge is 2.10. The van der Waals surface area contributed by atoms with Crippen LogP contribution in [-0.4, -0.2) is 66.9 Å². The molecule has 2 aromatic carbocycles. The number of nitrogens with one attached hydrogen (secondary N) is 4. The zero-order valence-corrected chi connectivity index (χ0v) is 25.0. The van der Waals surface area contributed by atoms with E-state index in [4.69, 9.17) is 15.2 Å². The molecule has 0 unspecified atom stereocenters. The number of hydrogen-bond donors (Lipinski definition) is 5. The Balaban J connectivity index is 1.59. The molecule has 6 N–H and O–H groups in total. The monoisotopic (exact) mass is 596 g/mol. The lowest BCUT2D eigenvalue weighted by atomic mass is 10.1. The van der Waals surface area contributed by atoms with Crippen LogP contribution in [0, 0.1) is 5.82 Å². The summed E-state index contributed by atoms with van der Waals surface area (Å²) in [7, 11) is 0. The standard InChI is InChI=1S/C31H45FN8O3/c1-2-3-4-5-6-7-16-35-29-38-30(36-23-24-11-13-26(32)14-12-24)40-31(39-29)37-27-10-8-9-25(22-27)28(41)34-17-19-43-21-20-42-18-15-33/h8-14,22H,2-7,15-21,23,33H2,1H3,(H,34,41)(H3,35,36,37,38,39,40). The highest BCUT2D eigenvalue weighted by atomic mass is 19.1. The molecular formula is C31H45FN8O3. The van der Waals surface area contributed by atoms with Crippen LogP contribution in [0.3, 0.4) is 0 Å². The fourth-order valence-electron chi connectivity index (χ4n) is 4.09. The minimum atomic E-state index is -0.287. The van der Waals surface area contributed by atoms with Gasteiger partial charge in [0, 0.05) is 37.4 Å². The molecular weight excluding hydrogens is 551 g/mol. The predicted octanol–water partition coefficient (Wildman–Crippen LogP) is 4.86. The fraction of sp³-hybridized carbons (Fsp3) is 0.484. The van der Waals surface area contributed by atoms with Crippen molar-refractivity contribution < 1.29 is 18.7 Å². The molecule has 1 heterocycles. The van der Waals surface area contributed by atoms with Gasteiger partial charge < -0.3 is 36.5 Å². The summed E-state index contributed by atoms with van der Waals surface area (Å²) in [6.07, 6.45) is 7.11. The Morgan fingerprint density at radius 3 is 2.28 bits per heavy atom. The van der Waals surface area contributed by atoms with Gasteiger partial charge in [-0.25, -0.2) is 4.39 Å². The Bertz CT molecular complexity index is 1220. The van der Waals surface area contributed by atoms with Crippen LogP contribution in [-0.2, 0) is 16.0 Å². The Kier molecular flexibility index (Phi) is 15.7. The van der Waals surface area contributed by atoms with Crippen LogP contribution in [0.4, 0.5) is 27.9 Å². The number of amides is 1. The highest BCUT2D eigenvalue weighted by molar-refractivity contribution is 5.95. The van der Waals surface area contributed by atoms with Crippen molar-refractivity contribution in [3.05, 3.63) is 65.5 Å². The molecule has 0 fully saturated rings. The minimum Gasteiger partial charge on any atom is -0.378 e. The molecule has 12 heteroatoms. The van der Waals surface area contributed by atoms with Crippen LogP contribution in [0.25, 0.3) is 0 Å². The first kappa shape index (κ1) is 33.6. The molecule has 0 radical (unpaired) electrons. The van der Waals surface area contributed by atoms with Crippen molar-refractivity contribution in [1.29, 1.82) is 0 Å². The summed E-state index contributed by atoms with van der Waals surface area (Å²) in [4.78, 5) is 26.3. The average molecular weight is 597 g/mol. The van der Waals surface area contributed by atoms with Crippen molar-refractivity contribution >= 4 is 29.4 Å². The van der Waals surface area contributed by atoms with Gasteiger partial charge in [0.05, 0.1) is 26.4 Å². The van der Waals surface area contributed by atoms with Crippen molar-refractivity contribution in [3.8, 4) is 0 Å². The van der Waals surface area contributed by atoms with Crippen LogP contribution < -0.4 is 27.0 Å². The number of benzene rings is 2. The van der Waals surface area contributed by atoms with E-state index in [1.54, 1.807) is 30.3 Å². The van der Waals surface area contributed by atoms with Gasteiger partial charge in [-0.15, -0.1) is 0 Å². The lowest BCUT2D eigenvalue weighted by Crippen LogP contribution is -2.27. The molecule has 0 aliphatic heterocycles. The Hall–Kier alpha value is -3.87. The Labute approximate surface area is 253 Å². The van der Waals surface area contributed by atoms with Crippen molar-refractivity contribution in [2.24, 2.45) is 5.73 Å². The molecule has 0 aliphatic rings. The molecule has 234 valence electrons. The number of anilines is 4. The number of ether oxygens (including phenoxy) is 2. The van der Waals surface area contributed by atoms with Crippen molar-refractivity contribution in [2.75, 3.05) is 62.0 Å². The van der Waals surface area contributed by atoms with Crippen molar-refractivity contribution in [3.63, 3.8) is 0 Å². The number of nitrogens with zero attached hydrogens (tertiary/aromatic N) is 3. The summed E-state index contributed by atoms with van der Waals surface area (Å²) < 4.78 is 24.0. The van der Waals surface area contributed by atoms with E-state index in [-0.39, 0.29) is 11.7 Å². The first-order valence-electron chi connectivity index (χ1n) is 15.1. The maximum Gasteiger partial charge on any atom is 0.251 e. The molecule has 43 heavy (non-hydrogen) atoms. The number of rotatable bonds is 22. The number of carbonyl (C=O) groups is 1. The van der Waals surface area contributed by atoms with Crippen LogP contribution in [0.15, 0.2) is 48.5 Å². The molecule has 1 aromatic heterocycles. The number of nitrogens with two attached hydrogens (primary N) is 1. The zero-order valence-electron chi connectivity index (χ0n) is 25.0. The van der Waals surface area contributed by atoms with Gasteiger partial charge in [0.15, 0.2) is 0 Å². The molecule has 0 saturated heterocycles. The van der Waals surface area contributed by atoms with Crippen LogP contribution in [0.2, 0.25) is 0 Å². The third-order valence-electron chi connectivity index (χ3n) is 6.36. The summed E-state index contributed by atoms with van der Waals surface area (Å²) >= 11 is 0. The van der Waals surface area contributed by atoms with Crippen molar-refractivity contribution in [1.82, 2.24) is 20.3 Å². The van der Waals surface area contributed by atoms with E-state index < -0.39 is 0 Å². The molecule has 0 aliphatic carbocycles. The van der Waals surface area contributed by atoms with E-state index in [2.05, 4.69) is 43.1 Å². The van der Waals surface area contributed by atoms with Gasteiger partial charge >= 0.3 is 0 Å². The van der Waals surface area contributed by atoms with Gasteiger partial charge in [0.2, 0.25) is 17.8 Å². The molecule has 0 atom stereocenters. The van der Waals surface area contributed by atoms with Crippen molar-refractivity contribution in [2.45, 2.75) is 52.0 Å². The van der Waals surface area contributed by atoms with E-state index in [0.717, 1.165) is 24.9 Å². The molecule has 0 saturated carbocycles. The lowest BCUT2D eigenvalue weighted by Gasteiger charge is -2.12. The largest absolute Gasteiger partial charge is 0.378 e. The van der Waals surface area contributed by atoms with Gasteiger partial charge in [-0.3, -0.25) is 4.79 Å². The highest BCUT2D eigenvalue weighted by Crippen LogP contribution is 2.18. The lowest BCUT2D eigenvalue weighted by molar-refractivity contribution is 0.0511. The summed E-state index contributed by atoms with van der Waals surface area (Å²) in [5.74, 6) is 0.629. The first-order chi connectivity index (χ1) is 21.1. The number of unbranched alkanes of at least 4 members (excludes halogenated alkanes) is 5. The van der Waals surface area contributed by atoms with E-state index in [1.807, 2.05) is 6.07 Å². The Morgan fingerprint density at radius 1 is 0.814 bits per heavy atom. The smallest absolute Gasteiger partial charge is 0.251 e. The molecule has 0 spiro atoms. The van der Waals surface area contributed by atoms with E-state index in [9.17, 15) is 9.18 Å². The summed E-state index contributed by atoms with van der Waals surface area (Å²) in [5.41, 5.74) is 7.41. The molecule has 3 aromatic rings. The molecule has 3 rings (SSSR count). The number of halogens is 1. The normalized spacial score (nSPS) is 10.9. The topological polar surface area (TPSA) is 148 Å². The summed E-state index contributed by atoms with van der Waals surface area (Å²) in [5, 5.41) is 12.5. The summed E-state index contributed by atoms with van der Waals surface area (Å²) in [6, 6.07) is 13.3. The predicted molar refractivity (Wildman–Crippen MR) is 168 cm³/mol. The van der Waals surface area contributed by atoms with Gasteiger partial charge in [0.1, 0.15) is 5.82 Å². The molecule has 0 bridgehead atoms. The first-order valence-corrected chi connectivity index (χ1v) is 15.1.